The number of aromatic nitrogens is 2. The van der Waals surface area contributed by atoms with Gasteiger partial charge in [0.05, 0.1) is 16.7 Å². The minimum absolute atomic E-state index is 0.0143. The number of rotatable bonds is 6. The van der Waals surface area contributed by atoms with Crippen molar-refractivity contribution in [2.45, 2.75) is 44.8 Å². The summed E-state index contributed by atoms with van der Waals surface area (Å²) < 4.78 is 40.5. The number of benzene rings is 1. The highest BCUT2D eigenvalue weighted by Gasteiger charge is 2.41. The van der Waals surface area contributed by atoms with Gasteiger partial charge < -0.3 is 5.32 Å². The molecule has 9 heteroatoms. The highest BCUT2D eigenvalue weighted by Crippen LogP contribution is 2.47. The Morgan fingerprint density at radius 2 is 1.89 bits per heavy atom. The number of anilines is 1. The molecule has 1 aromatic carbocycles. The molecule has 0 radical (unpaired) electrons. The van der Waals surface area contributed by atoms with E-state index in [4.69, 9.17) is 0 Å². The molecule has 3 rings (SSSR count). The van der Waals surface area contributed by atoms with Gasteiger partial charge in [-0.2, -0.15) is 18.3 Å². The van der Waals surface area contributed by atoms with Crippen LogP contribution in [0.25, 0.3) is 0 Å². The van der Waals surface area contributed by atoms with Crippen molar-refractivity contribution in [1.29, 1.82) is 0 Å². The Balaban J connectivity index is 1.67. The molecule has 27 heavy (non-hydrogen) atoms. The highest BCUT2D eigenvalue weighted by atomic mass is 79.9. The summed E-state index contributed by atoms with van der Waals surface area (Å²) in [5.41, 5.74) is 0.596. The third kappa shape index (κ3) is 4.58. The van der Waals surface area contributed by atoms with Gasteiger partial charge in [0.1, 0.15) is 0 Å². The number of ketones is 1. The lowest BCUT2D eigenvalue weighted by Gasteiger charge is -2.08. The zero-order valence-electron chi connectivity index (χ0n) is 14.4. The molecule has 1 heterocycles. The maximum Gasteiger partial charge on any atom is 0.436 e. The molecule has 144 valence electrons. The van der Waals surface area contributed by atoms with Crippen LogP contribution >= 0.6 is 15.9 Å². The standard InChI is InChI=1S/C18H17BrF3N3O2/c1-10(26)11-4-6-13(7-5-11)23-14(27)8-9-25-16(12-2-3-12)15(19)17(24-25)18(20,21)22/h4-7,12H,2-3,8-9H2,1H3,(H,23,27). The molecule has 2 aromatic rings. The second-order valence-electron chi connectivity index (χ2n) is 6.47. The second-order valence-corrected chi connectivity index (χ2v) is 7.27. The molecule has 5 nitrogen and oxygen atoms in total. The zero-order valence-corrected chi connectivity index (χ0v) is 16.0. The van der Waals surface area contributed by atoms with Crippen molar-refractivity contribution in [3.8, 4) is 0 Å². The minimum atomic E-state index is -4.55. The number of nitrogens with zero attached hydrogens (tertiary/aromatic N) is 2. The van der Waals surface area contributed by atoms with E-state index in [1.54, 1.807) is 24.3 Å². The second kappa shape index (κ2) is 7.46. The Morgan fingerprint density at radius 3 is 2.41 bits per heavy atom. The lowest BCUT2D eigenvalue weighted by atomic mass is 10.1. The van der Waals surface area contributed by atoms with Crippen molar-refractivity contribution >= 4 is 33.3 Å². The molecule has 0 spiro atoms. The van der Waals surface area contributed by atoms with Gasteiger partial charge in [0, 0.05) is 23.6 Å². The molecular formula is C18H17BrF3N3O2. The number of halogens is 4. The molecule has 0 atom stereocenters. The zero-order chi connectivity index (χ0) is 19.8. The summed E-state index contributed by atoms with van der Waals surface area (Å²) in [5.74, 6) is -0.372. The van der Waals surface area contributed by atoms with Gasteiger partial charge in [-0.05, 0) is 60.0 Å². The number of nitrogens with one attached hydrogen (secondary N) is 1. The lowest BCUT2D eigenvalue weighted by Crippen LogP contribution is -2.16. The topological polar surface area (TPSA) is 64.0 Å². The van der Waals surface area contributed by atoms with Crippen LogP contribution in [0, 0.1) is 0 Å². The van der Waals surface area contributed by atoms with Crippen molar-refractivity contribution in [3.05, 3.63) is 45.7 Å². The molecular weight excluding hydrogens is 427 g/mol. The van der Waals surface area contributed by atoms with E-state index in [2.05, 4.69) is 26.3 Å². The van der Waals surface area contributed by atoms with Crippen molar-refractivity contribution in [3.63, 3.8) is 0 Å². The number of hydrogen-bond acceptors (Lipinski definition) is 3. The van der Waals surface area contributed by atoms with Crippen LogP contribution in [0.1, 0.15) is 53.8 Å². The van der Waals surface area contributed by atoms with Crippen LogP contribution in [0.3, 0.4) is 0 Å². The number of hydrogen-bond donors (Lipinski definition) is 1. The van der Waals surface area contributed by atoms with E-state index in [0.717, 1.165) is 12.8 Å². The minimum Gasteiger partial charge on any atom is -0.326 e. The van der Waals surface area contributed by atoms with Crippen molar-refractivity contribution < 1.29 is 22.8 Å². The molecule has 1 fully saturated rings. The summed E-state index contributed by atoms with van der Waals surface area (Å²) in [6, 6.07) is 6.42. The summed E-state index contributed by atoms with van der Waals surface area (Å²) in [4.78, 5) is 23.4. The third-order valence-electron chi connectivity index (χ3n) is 4.29. The maximum atomic E-state index is 13.1. The maximum absolute atomic E-state index is 13.1. The smallest absolute Gasteiger partial charge is 0.326 e. The molecule has 0 bridgehead atoms. The van der Waals surface area contributed by atoms with E-state index >= 15 is 0 Å². The average Bonchev–Trinajstić information content (AvgIpc) is 3.35. The number of aryl methyl sites for hydroxylation is 1. The molecule has 0 saturated heterocycles. The number of amides is 1. The average molecular weight is 444 g/mol. The monoisotopic (exact) mass is 443 g/mol. The van der Waals surface area contributed by atoms with Gasteiger partial charge >= 0.3 is 6.18 Å². The molecule has 1 aromatic heterocycles. The first-order valence-corrected chi connectivity index (χ1v) is 9.20. The van der Waals surface area contributed by atoms with E-state index < -0.39 is 11.9 Å². The van der Waals surface area contributed by atoms with Crippen LogP contribution in [0.5, 0.6) is 0 Å². The van der Waals surface area contributed by atoms with Gasteiger partial charge in [0.15, 0.2) is 11.5 Å². The van der Waals surface area contributed by atoms with Crippen molar-refractivity contribution in [1.82, 2.24) is 9.78 Å². The van der Waals surface area contributed by atoms with Gasteiger partial charge in [-0.3, -0.25) is 14.3 Å². The van der Waals surface area contributed by atoms with Crippen molar-refractivity contribution in [2.75, 3.05) is 5.32 Å². The Kier molecular flexibility index (Phi) is 5.41. The summed E-state index contributed by atoms with van der Waals surface area (Å²) in [5, 5.41) is 6.35. The van der Waals surface area contributed by atoms with Gasteiger partial charge in [-0.25, -0.2) is 0 Å². The normalized spacial score (nSPS) is 14.3. The molecule has 1 saturated carbocycles. The fourth-order valence-corrected chi connectivity index (χ4v) is 3.60. The van der Waals surface area contributed by atoms with Gasteiger partial charge in [0.25, 0.3) is 0 Å². The summed E-state index contributed by atoms with van der Waals surface area (Å²) in [6.07, 6.45) is -2.93. The van der Waals surface area contributed by atoms with Gasteiger partial charge in [0.2, 0.25) is 5.91 Å². The third-order valence-corrected chi connectivity index (χ3v) is 5.07. The SMILES string of the molecule is CC(=O)c1ccc(NC(=O)CCn2nc(C(F)(F)F)c(Br)c2C2CC2)cc1. The molecule has 1 amide bonds. The summed E-state index contributed by atoms with van der Waals surface area (Å²) in [6.45, 7) is 1.50. The van der Waals surface area contributed by atoms with E-state index in [-0.39, 0.29) is 35.0 Å². The van der Waals surface area contributed by atoms with Gasteiger partial charge in [-0.15, -0.1) is 0 Å². The van der Waals surface area contributed by atoms with Crippen LogP contribution in [0.4, 0.5) is 18.9 Å². The Bertz CT molecular complexity index is 871. The molecule has 1 N–H and O–H groups in total. The first kappa shape index (κ1) is 19.6. The van der Waals surface area contributed by atoms with Crippen molar-refractivity contribution in [2.24, 2.45) is 0 Å². The Morgan fingerprint density at radius 1 is 1.26 bits per heavy atom. The highest BCUT2D eigenvalue weighted by molar-refractivity contribution is 9.10. The van der Waals surface area contributed by atoms with Gasteiger partial charge in [-0.1, -0.05) is 0 Å². The largest absolute Gasteiger partial charge is 0.436 e. The number of Topliss-reactive ketones (excluding diaryl/α,β-unsaturated/α-hetero) is 1. The summed E-state index contributed by atoms with van der Waals surface area (Å²) in [7, 11) is 0. The number of alkyl halides is 3. The molecule has 0 aliphatic heterocycles. The van der Waals surface area contributed by atoms with Crippen LogP contribution < -0.4 is 5.32 Å². The fraction of sp³-hybridized carbons (Fsp3) is 0.389. The fourth-order valence-electron chi connectivity index (χ4n) is 2.77. The van der Waals surface area contributed by atoms with Crippen LogP contribution in [-0.4, -0.2) is 21.5 Å². The number of carbonyl (C=O) groups is 2. The molecule has 1 aliphatic rings. The predicted octanol–water partition coefficient (Wildman–Crippen LogP) is 4.77. The van der Waals surface area contributed by atoms with E-state index in [1.807, 2.05) is 0 Å². The van der Waals surface area contributed by atoms with E-state index in [1.165, 1.54) is 11.6 Å². The Labute approximate surface area is 162 Å². The first-order chi connectivity index (χ1) is 12.7. The van der Waals surface area contributed by atoms with Crippen LogP contribution in [0.2, 0.25) is 0 Å². The van der Waals surface area contributed by atoms with E-state index in [0.29, 0.717) is 16.9 Å². The lowest BCUT2D eigenvalue weighted by molar-refractivity contribution is -0.142. The summed E-state index contributed by atoms with van der Waals surface area (Å²) >= 11 is 3.03. The Hall–Kier alpha value is -2.16. The predicted molar refractivity (Wildman–Crippen MR) is 96.6 cm³/mol. The molecule has 1 aliphatic carbocycles. The van der Waals surface area contributed by atoms with E-state index in [9.17, 15) is 22.8 Å². The van der Waals surface area contributed by atoms with Crippen LogP contribution in [0.15, 0.2) is 28.7 Å². The van der Waals surface area contributed by atoms with Crippen LogP contribution in [-0.2, 0) is 17.5 Å². The quantitative estimate of drug-likeness (QED) is 0.653. The number of carbonyl (C=O) groups excluding carboxylic acids is 2. The molecule has 0 unspecified atom stereocenters. The first-order valence-electron chi connectivity index (χ1n) is 8.41.